The molecule has 1 aromatic heterocycles. The zero-order valence-corrected chi connectivity index (χ0v) is 13.1. The fourth-order valence-electron chi connectivity index (χ4n) is 2.33. The van der Waals surface area contributed by atoms with Gasteiger partial charge in [0.25, 0.3) is 0 Å². The molecule has 0 spiro atoms. The normalized spacial score (nSPS) is 16.6. The van der Waals surface area contributed by atoms with Crippen LogP contribution in [-0.4, -0.2) is 47.3 Å². The Kier molecular flexibility index (Phi) is 4.99. The Bertz CT molecular complexity index is 443. The highest BCUT2D eigenvalue weighted by atomic mass is 35.5. The van der Waals surface area contributed by atoms with Crippen molar-refractivity contribution in [2.24, 2.45) is 0 Å². The van der Waals surface area contributed by atoms with Gasteiger partial charge >= 0.3 is 0 Å². The third-order valence-corrected chi connectivity index (χ3v) is 4.08. The van der Waals surface area contributed by atoms with Crippen LogP contribution in [0.2, 0.25) is 5.28 Å². The van der Waals surface area contributed by atoms with Gasteiger partial charge in [-0.2, -0.15) is 15.0 Å². The van der Waals surface area contributed by atoms with Gasteiger partial charge in [-0.1, -0.05) is 0 Å². The molecule has 0 aliphatic heterocycles. The molecule has 6 nitrogen and oxygen atoms in total. The summed E-state index contributed by atoms with van der Waals surface area (Å²) in [4.78, 5) is 14.8. The number of hydrogen-bond donors (Lipinski definition) is 1. The van der Waals surface area contributed by atoms with Gasteiger partial charge in [0.2, 0.25) is 17.2 Å². The molecule has 0 unspecified atom stereocenters. The van der Waals surface area contributed by atoms with Gasteiger partial charge in [-0.15, -0.1) is 0 Å². The van der Waals surface area contributed by atoms with Crippen molar-refractivity contribution in [3.63, 3.8) is 0 Å². The molecule has 1 N–H and O–H groups in total. The van der Waals surface area contributed by atoms with Crippen LogP contribution in [0, 0.1) is 0 Å². The molecular weight excluding hydrogens is 278 g/mol. The third kappa shape index (κ3) is 3.30. The smallest absolute Gasteiger partial charge is 0.231 e. The molecule has 1 heterocycles. The van der Waals surface area contributed by atoms with E-state index < -0.39 is 0 Å². The minimum atomic E-state index is -0.0749. The van der Waals surface area contributed by atoms with E-state index in [0.29, 0.717) is 18.4 Å². The minimum absolute atomic E-state index is 0.0749. The fraction of sp³-hybridized carbons (Fsp3) is 0.769. The van der Waals surface area contributed by atoms with E-state index >= 15 is 0 Å². The molecule has 0 atom stereocenters. The van der Waals surface area contributed by atoms with E-state index in [1.54, 1.807) is 7.11 Å². The lowest BCUT2D eigenvalue weighted by Gasteiger charge is -2.40. The van der Waals surface area contributed by atoms with Crippen molar-refractivity contribution in [1.29, 1.82) is 0 Å². The standard InChI is InChI=1S/C13H22ClN5O/c1-4-19(5-2)12-17-10(14)16-11(18-12)15-9-13(20-3)7-6-8-13/h4-9H2,1-3H3,(H,15,16,17,18). The van der Waals surface area contributed by atoms with Crippen molar-refractivity contribution in [3.05, 3.63) is 5.28 Å². The average molecular weight is 300 g/mol. The topological polar surface area (TPSA) is 63.2 Å². The Morgan fingerprint density at radius 3 is 2.45 bits per heavy atom. The van der Waals surface area contributed by atoms with Gasteiger partial charge in [0.15, 0.2) is 0 Å². The summed E-state index contributed by atoms with van der Waals surface area (Å²) < 4.78 is 5.57. The van der Waals surface area contributed by atoms with Gasteiger partial charge in [0.1, 0.15) is 0 Å². The van der Waals surface area contributed by atoms with Crippen molar-refractivity contribution in [2.75, 3.05) is 37.0 Å². The maximum Gasteiger partial charge on any atom is 0.231 e. The molecule has 1 aliphatic rings. The second kappa shape index (κ2) is 6.54. The van der Waals surface area contributed by atoms with Gasteiger partial charge in [0, 0.05) is 26.7 Å². The molecule has 112 valence electrons. The highest BCUT2D eigenvalue weighted by molar-refractivity contribution is 6.28. The first-order valence-electron chi connectivity index (χ1n) is 7.08. The first-order valence-corrected chi connectivity index (χ1v) is 7.46. The monoisotopic (exact) mass is 299 g/mol. The quantitative estimate of drug-likeness (QED) is 0.834. The molecule has 0 saturated heterocycles. The maximum absolute atomic E-state index is 5.98. The van der Waals surface area contributed by atoms with Crippen LogP contribution in [-0.2, 0) is 4.74 Å². The van der Waals surface area contributed by atoms with Crippen LogP contribution in [0.1, 0.15) is 33.1 Å². The van der Waals surface area contributed by atoms with Gasteiger partial charge in [-0.05, 0) is 44.7 Å². The van der Waals surface area contributed by atoms with Crippen LogP contribution in [0.15, 0.2) is 0 Å². The first kappa shape index (κ1) is 15.3. The summed E-state index contributed by atoms with van der Waals surface area (Å²) in [5.74, 6) is 1.12. The number of nitrogens with zero attached hydrogens (tertiary/aromatic N) is 4. The van der Waals surface area contributed by atoms with E-state index in [9.17, 15) is 0 Å². The molecule has 20 heavy (non-hydrogen) atoms. The molecule has 0 bridgehead atoms. The molecule has 0 aromatic carbocycles. The Balaban J connectivity index is 2.07. The summed E-state index contributed by atoms with van der Waals surface area (Å²) in [6, 6.07) is 0. The first-order chi connectivity index (χ1) is 9.62. The number of anilines is 2. The highest BCUT2D eigenvalue weighted by Crippen LogP contribution is 2.34. The zero-order valence-electron chi connectivity index (χ0n) is 12.3. The molecule has 7 heteroatoms. The van der Waals surface area contributed by atoms with Crippen LogP contribution >= 0.6 is 11.6 Å². The Labute approximate surface area is 124 Å². The van der Waals surface area contributed by atoms with E-state index in [2.05, 4.69) is 34.1 Å². The molecule has 1 aliphatic carbocycles. The molecule has 0 radical (unpaired) electrons. The fourth-order valence-corrected chi connectivity index (χ4v) is 2.49. The summed E-state index contributed by atoms with van der Waals surface area (Å²) in [5, 5.41) is 3.44. The lowest BCUT2D eigenvalue weighted by atomic mass is 9.80. The number of ether oxygens (including phenoxy) is 1. The van der Waals surface area contributed by atoms with Crippen molar-refractivity contribution >= 4 is 23.5 Å². The van der Waals surface area contributed by atoms with E-state index in [-0.39, 0.29) is 10.9 Å². The number of aromatic nitrogens is 3. The van der Waals surface area contributed by atoms with Crippen molar-refractivity contribution in [1.82, 2.24) is 15.0 Å². The number of rotatable bonds is 7. The lowest BCUT2D eigenvalue weighted by molar-refractivity contribution is -0.0602. The second-order valence-corrected chi connectivity index (χ2v) is 5.33. The summed E-state index contributed by atoms with van der Waals surface area (Å²) in [7, 11) is 1.75. The van der Waals surface area contributed by atoms with Gasteiger partial charge in [-0.25, -0.2) is 0 Å². The maximum atomic E-state index is 5.98. The lowest BCUT2D eigenvalue weighted by Crippen LogP contribution is -2.45. The van der Waals surface area contributed by atoms with E-state index in [1.807, 2.05) is 4.90 Å². The van der Waals surface area contributed by atoms with Gasteiger partial charge < -0.3 is 15.0 Å². The molecule has 2 rings (SSSR count). The molecule has 1 aromatic rings. The SMILES string of the molecule is CCN(CC)c1nc(Cl)nc(NCC2(OC)CCC2)n1. The summed E-state index contributed by atoms with van der Waals surface area (Å²) in [6.07, 6.45) is 3.34. The zero-order chi connectivity index (χ0) is 14.6. The van der Waals surface area contributed by atoms with Crippen LogP contribution < -0.4 is 10.2 Å². The number of methoxy groups -OCH3 is 1. The largest absolute Gasteiger partial charge is 0.376 e. The molecule has 0 amide bonds. The van der Waals surface area contributed by atoms with Crippen molar-refractivity contribution in [2.45, 2.75) is 38.7 Å². The van der Waals surface area contributed by atoms with Crippen molar-refractivity contribution in [3.8, 4) is 0 Å². The average Bonchev–Trinajstić information content (AvgIpc) is 2.39. The van der Waals surface area contributed by atoms with Crippen LogP contribution in [0.25, 0.3) is 0 Å². The van der Waals surface area contributed by atoms with Crippen molar-refractivity contribution < 1.29 is 4.74 Å². The van der Waals surface area contributed by atoms with E-state index in [1.165, 1.54) is 6.42 Å². The summed E-state index contributed by atoms with van der Waals surface area (Å²) in [5.41, 5.74) is -0.0749. The molecule has 1 fully saturated rings. The summed E-state index contributed by atoms with van der Waals surface area (Å²) in [6.45, 7) is 6.48. The Morgan fingerprint density at radius 2 is 1.95 bits per heavy atom. The second-order valence-electron chi connectivity index (χ2n) is 4.99. The predicted octanol–water partition coefficient (Wildman–Crippen LogP) is 2.35. The van der Waals surface area contributed by atoms with E-state index in [4.69, 9.17) is 16.3 Å². The number of halogens is 1. The van der Waals surface area contributed by atoms with E-state index in [0.717, 1.165) is 25.9 Å². The van der Waals surface area contributed by atoms with Crippen LogP contribution in [0.3, 0.4) is 0 Å². The van der Waals surface area contributed by atoms with Crippen LogP contribution in [0.4, 0.5) is 11.9 Å². The number of hydrogen-bond acceptors (Lipinski definition) is 6. The van der Waals surface area contributed by atoms with Crippen LogP contribution in [0.5, 0.6) is 0 Å². The predicted molar refractivity (Wildman–Crippen MR) is 80.5 cm³/mol. The minimum Gasteiger partial charge on any atom is -0.376 e. The highest BCUT2D eigenvalue weighted by Gasteiger charge is 2.36. The Hall–Kier alpha value is -1.14. The number of nitrogens with one attached hydrogen (secondary N) is 1. The molecular formula is C13H22ClN5O. The Morgan fingerprint density at radius 1 is 1.25 bits per heavy atom. The summed E-state index contributed by atoms with van der Waals surface area (Å²) >= 11 is 5.98. The third-order valence-electron chi connectivity index (χ3n) is 3.91. The van der Waals surface area contributed by atoms with Gasteiger partial charge in [0.05, 0.1) is 5.60 Å². The molecule has 1 saturated carbocycles. The van der Waals surface area contributed by atoms with Gasteiger partial charge in [-0.3, -0.25) is 0 Å².